The van der Waals surface area contributed by atoms with Crippen LogP contribution in [0.4, 0.5) is 17.5 Å². The highest BCUT2D eigenvalue weighted by atomic mass is 16.5. The van der Waals surface area contributed by atoms with Gasteiger partial charge in [-0.15, -0.1) is 0 Å². The molecule has 0 bridgehead atoms. The van der Waals surface area contributed by atoms with Crippen molar-refractivity contribution in [3.8, 4) is 6.07 Å². The molecule has 0 unspecified atom stereocenters. The molecule has 0 radical (unpaired) electrons. The van der Waals surface area contributed by atoms with Crippen LogP contribution in [0.25, 0.3) is 0 Å². The number of benzene rings is 1. The van der Waals surface area contributed by atoms with Crippen LogP contribution in [0.2, 0.25) is 0 Å². The lowest BCUT2D eigenvalue weighted by Crippen LogP contribution is -2.53. The number of carbonyl (C=O) groups is 1. The lowest BCUT2D eigenvalue weighted by atomic mass is 10.1. The van der Waals surface area contributed by atoms with Crippen LogP contribution >= 0.6 is 0 Å². The molecule has 2 aromatic heterocycles. The molecule has 3 heterocycles. The monoisotopic (exact) mass is 446 g/mol. The third kappa shape index (κ3) is 4.49. The fourth-order valence-corrected chi connectivity index (χ4v) is 3.91. The molecule has 1 aromatic carbocycles. The summed E-state index contributed by atoms with van der Waals surface area (Å²) < 4.78 is 7.18. The van der Waals surface area contributed by atoms with E-state index < -0.39 is 6.04 Å². The SMILES string of the molecule is CO[C@H](C)[C@H]1C(=O)Nc2c(C)nc(NCc3cnn(Cc4ccccc4C#N)c3)nc2N1C. The number of amides is 1. The average molecular weight is 447 g/mol. The summed E-state index contributed by atoms with van der Waals surface area (Å²) in [7, 11) is 3.41. The van der Waals surface area contributed by atoms with E-state index >= 15 is 0 Å². The molecule has 3 aromatic rings. The number of anilines is 3. The highest BCUT2D eigenvalue weighted by Crippen LogP contribution is 2.33. The zero-order valence-electron chi connectivity index (χ0n) is 19.0. The predicted molar refractivity (Wildman–Crippen MR) is 124 cm³/mol. The molecule has 2 N–H and O–H groups in total. The topological polar surface area (TPSA) is 121 Å². The predicted octanol–water partition coefficient (Wildman–Crippen LogP) is 2.31. The van der Waals surface area contributed by atoms with Gasteiger partial charge in [-0.05, 0) is 25.5 Å². The second-order valence-electron chi connectivity index (χ2n) is 7.99. The molecule has 1 amide bonds. The van der Waals surface area contributed by atoms with Crippen molar-refractivity contribution in [3.05, 3.63) is 59.0 Å². The van der Waals surface area contributed by atoms with Gasteiger partial charge in [-0.3, -0.25) is 9.48 Å². The van der Waals surface area contributed by atoms with E-state index in [9.17, 15) is 10.1 Å². The molecule has 2 atom stereocenters. The molecule has 0 saturated carbocycles. The van der Waals surface area contributed by atoms with Crippen LogP contribution in [0.15, 0.2) is 36.7 Å². The fraction of sp³-hybridized carbons (Fsp3) is 0.348. The van der Waals surface area contributed by atoms with Crippen LogP contribution in [0, 0.1) is 18.3 Å². The maximum absolute atomic E-state index is 12.6. The first-order chi connectivity index (χ1) is 15.9. The van der Waals surface area contributed by atoms with Crippen molar-refractivity contribution in [1.29, 1.82) is 5.26 Å². The van der Waals surface area contributed by atoms with Crippen molar-refractivity contribution < 1.29 is 9.53 Å². The summed E-state index contributed by atoms with van der Waals surface area (Å²) in [4.78, 5) is 23.5. The number of rotatable bonds is 7. The Morgan fingerprint density at radius 1 is 1.33 bits per heavy atom. The molecule has 0 saturated heterocycles. The number of aryl methyl sites for hydroxylation is 1. The Bertz CT molecular complexity index is 1220. The lowest BCUT2D eigenvalue weighted by Gasteiger charge is -2.37. The molecule has 0 spiro atoms. The zero-order chi connectivity index (χ0) is 23.5. The molecule has 1 aliphatic heterocycles. The maximum atomic E-state index is 12.6. The van der Waals surface area contributed by atoms with E-state index in [0.29, 0.717) is 41.8 Å². The van der Waals surface area contributed by atoms with Crippen molar-refractivity contribution >= 4 is 23.4 Å². The van der Waals surface area contributed by atoms with Gasteiger partial charge < -0.3 is 20.3 Å². The first-order valence-corrected chi connectivity index (χ1v) is 10.6. The largest absolute Gasteiger partial charge is 0.379 e. The summed E-state index contributed by atoms with van der Waals surface area (Å²) in [6.45, 7) is 4.68. The van der Waals surface area contributed by atoms with E-state index in [4.69, 9.17) is 4.74 Å². The normalized spacial score (nSPS) is 16.0. The third-order valence-corrected chi connectivity index (χ3v) is 5.76. The molecule has 33 heavy (non-hydrogen) atoms. The number of likely N-dealkylation sites (N-methyl/N-ethyl adjacent to an activating group) is 1. The summed E-state index contributed by atoms with van der Waals surface area (Å²) in [5, 5.41) is 19.8. The second-order valence-corrected chi connectivity index (χ2v) is 7.99. The summed E-state index contributed by atoms with van der Waals surface area (Å²) in [5.74, 6) is 0.958. The van der Waals surface area contributed by atoms with Crippen molar-refractivity contribution in [2.75, 3.05) is 29.7 Å². The van der Waals surface area contributed by atoms with Crippen molar-refractivity contribution in [3.63, 3.8) is 0 Å². The Hall–Kier alpha value is -3.97. The second kappa shape index (κ2) is 9.26. The fourth-order valence-electron chi connectivity index (χ4n) is 3.91. The van der Waals surface area contributed by atoms with Crippen LogP contribution in [0.1, 0.15) is 29.3 Å². The van der Waals surface area contributed by atoms with Gasteiger partial charge in [0.2, 0.25) is 11.9 Å². The van der Waals surface area contributed by atoms with E-state index in [2.05, 4.69) is 31.8 Å². The number of hydrogen-bond donors (Lipinski definition) is 2. The van der Waals surface area contributed by atoms with Crippen LogP contribution in [-0.4, -0.2) is 52.0 Å². The molecule has 10 heteroatoms. The first-order valence-electron chi connectivity index (χ1n) is 10.6. The molecule has 0 aliphatic carbocycles. The number of carbonyl (C=O) groups excluding carboxylic acids is 1. The van der Waals surface area contributed by atoms with Crippen LogP contribution in [0.5, 0.6) is 0 Å². The van der Waals surface area contributed by atoms with Gasteiger partial charge in [0.1, 0.15) is 11.7 Å². The summed E-state index contributed by atoms with van der Waals surface area (Å²) in [5.41, 5.74) is 3.80. The number of nitrogens with zero attached hydrogens (tertiary/aromatic N) is 6. The van der Waals surface area contributed by atoms with E-state index in [-0.39, 0.29) is 12.0 Å². The van der Waals surface area contributed by atoms with Crippen LogP contribution in [-0.2, 0) is 22.6 Å². The highest BCUT2D eigenvalue weighted by Gasteiger charge is 2.37. The first kappa shape index (κ1) is 22.2. The number of aromatic nitrogens is 4. The Morgan fingerprint density at radius 3 is 2.88 bits per heavy atom. The van der Waals surface area contributed by atoms with E-state index in [1.807, 2.05) is 50.2 Å². The number of fused-ring (bicyclic) bond motifs is 1. The highest BCUT2D eigenvalue weighted by molar-refractivity contribution is 6.03. The number of nitriles is 1. The molecule has 1 aliphatic rings. The summed E-state index contributed by atoms with van der Waals surface area (Å²) in [6.07, 6.45) is 3.40. The molecular weight excluding hydrogens is 420 g/mol. The summed E-state index contributed by atoms with van der Waals surface area (Å²) in [6, 6.07) is 9.21. The number of methoxy groups -OCH3 is 1. The minimum absolute atomic E-state index is 0.142. The van der Waals surface area contributed by atoms with E-state index in [1.165, 1.54) is 0 Å². The van der Waals surface area contributed by atoms with Crippen molar-refractivity contribution in [2.45, 2.75) is 39.1 Å². The number of nitrogens with one attached hydrogen (secondary N) is 2. The standard InChI is InChI=1S/C23H26N8O2/c1-14-19-21(30(3)20(15(2)33-4)22(32)28-19)29-23(27-14)25-10-16-11-26-31(12-16)13-18-8-6-5-7-17(18)9-24/h5-8,11-12,15,20H,10,13H2,1-4H3,(H,28,32)(H,25,27,29)/t15-,20+/m1/s1. The molecule has 10 nitrogen and oxygen atoms in total. The zero-order valence-corrected chi connectivity index (χ0v) is 19.0. The van der Waals surface area contributed by atoms with Gasteiger partial charge in [0.15, 0.2) is 5.82 Å². The van der Waals surface area contributed by atoms with Crippen LogP contribution < -0.4 is 15.5 Å². The van der Waals surface area contributed by atoms with Gasteiger partial charge in [-0.1, -0.05) is 18.2 Å². The van der Waals surface area contributed by atoms with Crippen molar-refractivity contribution in [2.24, 2.45) is 0 Å². The molecular formula is C23H26N8O2. The van der Waals surface area contributed by atoms with E-state index in [1.54, 1.807) is 24.1 Å². The third-order valence-electron chi connectivity index (χ3n) is 5.76. The molecule has 4 rings (SSSR count). The van der Waals surface area contributed by atoms with Gasteiger partial charge >= 0.3 is 0 Å². The number of hydrogen-bond acceptors (Lipinski definition) is 8. The van der Waals surface area contributed by atoms with E-state index in [0.717, 1.165) is 11.1 Å². The Kier molecular flexibility index (Phi) is 6.24. The lowest BCUT2D eigenvalue weighted by molar-refractivity contribution is -0.120. The average Bonchev–Trinajstić information content (AvgIpc) is 3.26. The van der Waals surface area contributed by atoms with Crippen molar-refractivity contribution in [1.82, 2.24) is 19.7 Å². The smallest absolute Gasteiger partial charge is 0.249 e. The summed E-state index contributed by atoms with van der Waals surface area (Å²) >= 11 is 0. The van der Waals surface area contributed by atoms with Gasteiger partial charge in [0.25, 0.3) is 0 Å². The Balaban J connectivity index is 1.48. The quantitative estimate of drug-likeness (QED) is 0.567. The molecule has 170 valence electrons. The minimum atomic E-state index is -0.487. The minimum Gasteiger partial charge on any atom is -0.379 e. The van der Waals surface area contributed by atoms with Crippen LogP contribution in [0.3, 0.4) is 0 Å². The maximum Gasteiger partial charge on any atom is 0.249 e. The van der Waals surface area contributed by atoms with Gasteiger partial charge in [0.05, 0.1) is 36.2 Å². The Labute approximate surface area is 192 Å². The van der Waals surface area contributed by atoms with Gasteiger partial charge in [0, 0.05) is 32.5 Å². The molecule has 0 fully saturated rings. The van der Waals surface area contributed by atoms with Gasteiger partial charge in [-0.25, -0.2) is 4.98 Å². The Morgan fingerprint density at radius 2 is 2.12 bits per heavy atom. The number of ether oxygens (including phenoxy) is 1. The van der Waals surface area contributed by atoms with Gasteiger partial charge in [-0.2, -0.15) is 15.3 Å².